The fourth-order valence-corrected chi connectivity index (χ4v) is 3.44. The number of benzene rings is 2. The number of carbonyl (C=O) groups is 1. The molecule has 0 unspecified atom stereocenters. The summed E-state index contributed by atoms with van der Waals surface area (Å²) in [7, 11) is 3.11. The number of rotatable bonds is 5. The predicted octanol–water partition coefficient (Wildman–Crippen LogP) is 5.40. The summed E-state index contributed by atoms with van der Waals surface area (Å²) in [4.78, 5) is 22.0. The first kappa shape index (κ1) is 21.6. The lowest BCUT2D eigenvalue weighted by Gasteiger charge is -2.09. The first-order valence-electron chi connectivity index (χ1n) is 9.71. The van der Waals surface area contributed by atoms with Crippen LogP contribution in [0.5, 0.6) is 11.5 Å². The SMILES string of the molecule is COc1ccc(OC)c(N=c2oc3ccc(Br)cc3cc2C(=O)Nc2ccc(C)cn2)c1. The van der Waals surface area contributed by atoms with E-state index in [9.17, 15) is 4.79 Å². The van der Waals surface area contributed by atoms with Crippen LogP contribution >= 0.6 is 15.9 Å². The maximum atomic E-state index is 13.2. The number of halogens is 1. The molecule has 2 aromatic carbocycles. The fraction of sp³-hybridized carbons (Fsp3) is 0.125. The van der Waals surface area contributed by atoms with Gasteiger partial charge in [-0.3, -0.25) is 4.79 Å². The van der Waals surface area contributed by atoms with Gasteiger partial charge in [-0.1, -0.05) is 22.0 Å². The molecule has 0 aliphatic rings. The second-order valence-electron chi connectivity index (χ2n) is 6.97. The van der Waals surface area contributed by atoms with Crippen molar-refractivity contribution in [1.82, 2.24) is 4.98 Å². The average molecular weight is 494 g/mol. The Morgan fingerprint density at radius 2 is 1.91 bits per heavy atom. The van der Waals surface area contributed by atoms with Crippen LogP contribution in [0.1, 0.15) is 15.9 Å². The molecule has 0 atom stereocenters. The third-order valence-electron chi connectivity index (χ3n) is 4.71. The summed E-state index contributed by atoms with van der Waals surface area (Å²) in [5.41, 5.74) is 2.43. The van der Waals surface area contributed by atoms with Crippen molar-refractivity contribution in [3.05, 3.63) is 81.9 Å². The van der Waals surface area contributed by atoms with E-state index in [0.717, 1.165) is 15.4 Å². The fourth-order valence-electron chi connectivity index (χ4n) is 3.07. The van der Waals surface area contributed by atoms with Gasteiger partial charge in [0.25, 0.3) is 5.91 Å². The monoisotopic (exact) mass is 493 g/mol. The largest absolute Gasteiger partial charge is 0.497 e. The van der Waals surface area contributed by atoms with Gasteiger partial charge in [-0.2, -0.15) is 0 Å². The number of pyridine rings is 1. The number of aryl methyl sites for hydroxylation is 1. The van der Waals surface area contributed by atoms with Gasteiger partial charge in [-0.15, -0.1) is 0 Å². The second kappa shape index (κ2) is 9.23. The maximum absolute atomic E-state index is 13.2. The molecule has 0 radical (unpaired) electrons. The van der Waals surface area contributed by atoms with E-state index in [0.29, 0.717) is 28.6 Å². The Morgan fingerprint density at radius 1 is 1.06 bits per heavy atom. The molecule has 2 aromatic heterocycles. The number of methoxy groups -OCH3 is 2. The van der Waals surface area contributed by atoms with Gasteiger partial charge in [0.2, 0.25) is 5.55 Å². The zero-order chi connectivity index (χ0) is 22.7. The average Bonchev–Trinajstić information content (AvgIpc) is 2.80. The third-order valence-corrected chi connectivity index (χ3v) is 5.21. The molecule has 162 valence electrons. The number of amides is 1. The topological polar surface area (TPSA) is 86.0 Å². The number of hydrogen-bond donors (Lipinski definition) is 1. The molecule has 0 spiro atoms. The number of fused-ring (bicyclic) bond motifs is 1. The highest BCUT2D eigenvalue weighted by Crippen LogP contribution is 2.31. The van der Waals surface area contributed by atoms with E-state index in [1.54, 1.807) is 50.7 Å². The van der Waals surface area contributed by atoms with Crippen LogP contribution in [-0.2, 0) is 0 Å². The highest BCUT2D eigenvalue weighted by molar-refractivity contribution is 9.10. The third kappa shape index (κ3) is 4.65. The van der Waals surface area contributed by atoms with Crippen LogP contribution < -0.4 is 20.3 Å². The summed E-state index contributed by atoms with van der Waals surface area (Å²) in [6, 6.07) is 16.1. The first-order valence-corrected chi connectivity index (χ1v) is 10.5. The Balaban J connectivity index is 1.89. The Labute approximate surface area is 192 Å². The van der Waals surface area contributed by atoms with Crippen molar-refractivity contribution in [1.29, 1.82) is 0 Å². The van der Waals surface area contributed by atoms with E-state index in [-0.39, 0.29) is 11.1 Å². The summed E-state index contributed by atoms with van der Waals surface area (Å²) in [5.74, 6) is 1.15. The van der Waals surface area contributed by atoms with Crippen molar-refractivity contribution in [3.63, 3.8) is 0 Å². The van der Waals surface area contributed by atoms with Crippen LogP contribution in [0, 0.1) is 6.92 Å². The molecule has 32 heavy (non-hydrogen) atoms. The van der Waals surface area contributed by atoms with Gasteiger partial charge < -0.3 is 19.2 Å². The molecule has 0 saturated heterocycles. The van der Waals surface area contributed by atoms with Crippen LogP contribution in [0.25, 0.3) is 11.0 Å². The van der Waals surface area contributed by atoms with Gasteiger partial charge in [0.15, 0.2) is 0 Å². The summed E-state index contributed by atoms with van der Waals surface area (Å²) in [5, 5.41) is 3.55. The van der Waals surface area contributed by atoms with Gasteiger partial charge in [0, 0.05) is 22.1 Å². The highest BCUT2D eigenvalue weighted by atomic mass is 79.9. The van der Waals surface area contributed by atoms with Gasteiger partial charge >= 0.3 is 0 Å². The van der Waals surface area contributed by atoms with Crippen LogP contribution in [0.4, 0.5) is 11.5 Å². The molecule has 8 heteroatoms. The molecule has 7 nitrogen and oxygen atoms in total. The number of anilines is 1. The van der Waals surface area contributed by atoms with Crippen molar-refractivity contribution in [2.45, 2.75) is 6.92 Å². The first-order chi connectivity index (χ1) is 15.5. The van der Waals surface area contributed by atoms with Gasteiger partial charge in [0.1, 0.15) is 34.2 Å². The van der Waals surface area contributed by atoms with Crippen LogP contribution in [0.15, 0.2) is 74.7 Å². The van der Waals surface area contributed by atoms with E-state index in [2.05, 4.69) is 31.2 Å². The molecule has 1 N–H and O–H groups in total. The molecular formula is C24H20BrN3O4. The molecule has 2 heterocycles. The lowest BCUT2D eigenvalue weighted by atomic mass is 10.1. The molecule has 0 aliphatic heterocycles. The van der Waals surface area contributed by atoms with Crippen LogP contribution in [0.2, 0.25) is 0 Å². The van der Waals surface area contributed by atoms with Crippen molar-refractivity contribution in [2.24, 2.45) is 4.99 Å². The number of aromatic nitrogens is 1. The quantitative estimate of drug-likeness (QED) is 0.402. The molecule has 0 bridgehead atoms. The smallest absolute Gasteiger partial charge is 0.262 e. The van der Waals surface area contributed by atoms with Gasteiger partial charge in [-0.25, -0.2) is 9.98 Å². The molecule has 4 rings (SSSR count). The molecule has 0 fully saturated rings. The normalized spacial score (nSPS) is 11.4. The number of nitrogens with one attached hydrogen (secondary N) is 1. The van der Waals surface area contributed by atoms with Gasteiger partial charge in [0.05, 0.1) is 14.2 Å². The van der Waals surface area contributed by atoms with Crippen molar-refractivity contribution < 1.29 is 18.7 Å². The molecule has 0 aliphatic carbocycles. The summed E-state index contributed by atoms with van der Waals surface area (Å²) in [6.07, 6.45) is 1.68. The Kier molecular flexibility index (Phi) is 6.23. The van der Waals surface area contributed by atoms with E-state index >= 15 is 0 Å². The number of carbonyl (C=O) groups excluding carboxylic acids is 1. The summed E-state index contributed by atoms with van der Waals surface area (Å²) in [6.45, 7) is 1.93. The number of hydrogen-bond acceptors (Lipinski definition) is 6. The lowest BCUT2D eigenvalue weighted by Crippen LogP contribution is -2.22. The Bertz CT molecular complexity index is 1360. The van der Waals surface area contributed by atoms with E-state index < -0.39 is 5.91 Å². The van der Waals surface area contributed by atoms with Crippen LogP contribution in [-0.4, -0.2) is 25.1 Å². The molecule has 0 saturated carbocycles. The zero-order valence-corrected chi connectivity index (χ0v) is 19.3. The second-order valence-corrected chi connectivity index (χ2v) is 7.89. The maximum Gasteiger partial charge on any atom is 0.262 e. The van der Waals surface area contributed by atoms with Gasteiger partial charge in [-0.05, 0) is 55.0 Å². The Hall–Kier alpha value is -3.65. The zero-order valence-electron chi connectivity index (χ0n) is 17.7. The van der Waals surface area contributed by atoms with E-state index in [1.807, 2.05) is 31.2 Å². The lowest BCUT2D eigenvalue weighted by molar-refractivity contribution is 0.102. The predicted molar refractivity (Wildman–Crippen MR) is 126 cm³/mol. The minimum absolute atomic E-state index is 0.135. The number of ether oxygens (including phenoxy) is 2. The minimum atomic E-state index is -0.396. The Morgan fingerprint density at radius 3 is 2.62 bits per heavy atom. The van der Waals surface area contributed by atoms with E-state index in [4.69, 9.17) is 13.9 Å². The number of nitrogens with zero attached hydrogens (tertiary/aromatic N) is 2. The van der Waals surface area contributed by atoms with Crippen molar-refractivity contribution >= 4 is 44.3 Å². The molecule has 4 aromatic rings. The molecule has 1 amide bonds. The van der Waals surface area contributed by atoms with Crippen molar-refractivity contribution in [3.8, 4) is 11.5 Å². The summed E-state index contributed by atoms with van der Waals surface area (Å²) >= 11 is 3.46. The summed E-state index contributed by atoms with van der Waals surface area (Å²) < 4.78 is 17.6. The van der Waals surface area contributed by atoms with Crippen molar-refractivity contribution in [2.75, 3.05) is 19.5 Å². The minimum Gasteiger partial charge on any atom is -0.497 e. The molecular weight excluding hydrogens is 474 g/mol. The van der Waals surface area contributed by atoms with Crippen LogP contribution in [0.3, 0.4) is 0 Å². The standard InChI is InChI=1S/C24H20BrN3O4/c1-14-4-9-22(26-13-14)28-23(29)18-11-15-10-16(25)5-7-20(15)32-24(18)27-19-12-17(30-2)6-8-21(19)31-3/h4-13H,1-3H3,(H,26,28,29). The highest BCUT2D eigenvalue weighted by Gasteiger charge is 2.15. The van der Waals surface area contributed by atoms with E-state index in [1.165, 1.54) is 0 Å².